The molecule has 3 atom stereocenters. The van der Waals surface area contributed by atoms with Gasteiger partial charge in [0, 0.05) is 41.6 Å². The summed E-state index contributed by atoms with van der Waals surface area (Å²) in [5.74, 6) is 0.327. The van der Waals surface area contributed by atoms with E-state index in [9.17, 15) is 14.4 Å². The Morgan fingerprint density at radius 1 is 1.00 bits per heavy atom. The second-order valence-corrected chi connectivity index (χ2v) is 9.07. The Labute approximate surface area is 177 Å². The molecule has 3 unspecified atom stereocenters. The van der Waals surface area contributed by atoms with Gasteiger partial charge in [0.05, 0.1) is 0 Å². The Hall–Kier alpha value is -2.69. The van der Waals surface area contributed by atoms with Gasteiger partial charge in [-0.1, -0.05) is 37.1 Å². The summed E-state index contributed by atoms with van der Waals surface area (Å²) in [4.78, 5) is 42.4. The number of hydrogen-bond donors (Lipinski definition) is 0. The molecule has 5 heteroatoms. The van der Waals surface area contributed by atoms with Crippen molar-refractivity contribution < 1.29 is 14.4 Å². The Bertz CT molecular complexity index is 979. The van der Waals surface area contributed by atoms with Gasteiger partial charge in [0.2, 0.25) is 5.91 Å². The molecular weight excluding hydrogens is 376 g/mol. The highest BCUT2D eigenvalue weighted by Crippen LogP contribution is 2.40. The number of amides is 3. The first-order chi connectivity index (χ1) is 14.6. The van der Waals surface area contributed by atoms with Gasteiger partial charge in [-0.3, -0.25) is 19.3 Å². The maximum absolute atomic E-state index is 13.0. The molecule has 1 saturated carbocycles. The van der Waals surface area contributed by atoms with Crippen LogP contribution < -0.4 is 0 Å². The lowest BCUT2D eigenvalue weighted by Gasteiger charge is -2.33. The zero-order chi connectivity index (χ0) is 20.8. The summed E-state index contributed by atoms with van der Waals surface area (Å²) in [7, 11) is 0. The maximum Gasteiger partial charge on any atom is 0.261 e. The quantitative estimate of drug-likeness (QED) is 0.710. The van der Waals surface area contributed by atoms with Gasteiger partial charge < -0.3 is 4.90 Å². The van der Waals surface area contributed by atoms with E-state index in [1.165, 1.54) is 24.2 Å². The fourth-order valence-electron chi connectivity index (χ4n) is 5.94. The number of nitrogens with zero attached hydrogens (tertiary/aromatic N) is 2. The van der Waals surface area contributed by atoms with Crippen molar-refractivity contribution in [3.05, 3.63) is 47.5 Å². The number of carbonyl (C=O) groups excluding carboxylic acids is 3. The van der Waals surface area contributed by atoms with Crippen molar-refractivity contribution in [3.63, 3.8) is 0 Å². The van der Waals surface area contributed by atoms with Crippen molar-refractivity contribution in [2.24, 2.45) is 5.92 Å². The Morgan fingerprint density at radius 2 is 1.67 bits per heavy atom. The maximum atomic E-state index is 13.0. The molecule has 3 aliphatic rings. The highest BCUT2D eigenvalue weighted by molar-refractivity contribution is 6.25. The van der Waals surface area contributed by atoms with Crippen LogP contribution in [0.5, 0.6) is 0 Å². The third-order valence-corrected chi connectivity index (χ3v) is 7.26. The second kappa shape index (κ2) is 7.53. The molecule has 2 heterocycles. The first kappa shape index (κ1) is 19.3. The summed E-state index contributed by atoms with van der Waals surface area (Å²) in [5.41, 5.74) is 1.15. The standard InChI is InChI=1S/C25H28N2O3/c1-16-15-18-7-2-3-12-21(18)27(16)22(28)13-6-14-26-24(29)19-10-4-8-17-9-5-11-20(23(17)19)25(26)30/h4-5,8-11,16,18,21H,2-3,6-7,12-15H2,1H3. The van der Waals surface area contributed by atoms with E-state index >= 15 is 0 Å². The van der Waals surface area contributed by atoms with Crippen LogP contribution in [0.4, 0.5) is 0 Å². The van der Waals surface area contributed by atoms with Gasteiger partial charge in [-0.15, -0.1) is 0 Å². The molecule has 0 radical (unpaired) electrons. The first-order valence-corrected chi connectivity index (χ1v) is 11.3. The Balaban J connectivity index is 1.28. The van der Waals surface area contributed by atoms with E-state index in [0.717, 1.165) is 23.6 Å². The molecule has 5 nitrogen and oxygen atoms in total. The van der Waals surface area contributed by atoms with Crippen LogP contribution in [0.1, 0.15) is 72.6 Å². The lowest BCUT2D eigenvalue weighted by atomic mass is 9.85. The van der Waals surface area contributed by atoms with Crippen molar-refractivity contribution in [3.8, 4) is 0 Å². The number of benzene rings is 2. The number of imide groups is 1. The average molecular weight is 405 g/mol. The van der Waals surface area contributed by atoms with Gasteiger partial charge in [0.1, 0.15) is 0 Å². The molecule has 0 spiro atoms. The number of fused-ring (bicyclic) bond motifs is 1. The van der Waals surface area contributed by atoms with Crippen LogP contribution in [-0.4, -0.2) is 46.1 Å². The average Bonchev–Trinajstić information content (AvgIpc) is 3.10. The van der Waals surface area contributed by atoms with Gasteiger partial charge in [0.25, 0.3) is 11.8 Å². The van der Waals surface area contributed by atoms with E-state index in [1.54, 1.807) is 12.1 Å². The van der Waals surface area contributed by atoms with Crippen molar-refractivity contribution in [1.29, 1.82) is 0 Å². The SMILES string of the molecule is CC1CC2CCCCC2N1C(=O)CCCN1C(=O)c2cccc3cccc(c23)C1=O. The molecule has 2 fully saturated rings. The molecule has 0 bridgehead atoms. The lowest BCUT2D eigenvalue weighted by Crippen LogP contribution is -2.43. The monoisotopic (exact) mass is 404 g/mol. The molecule has 30 heavy (non-hydrogen) atoms. The van der Waals surface area contributed by atoms with E-state index in [4.69, 9.17) is 0 Å². The zero-order valence-corrected chi connectivity index (χ0v) is 17.5. The van der Waals surface area contributed by atoms with Crippen LogP contribution in [-0.2, 0) is 4.79 Å². The van der Waals surface area contributed by atoms with Gasteiger partial charge >= 0.3 is 0 Å². The molecule has 1 saturated heterocycles. The summed E-state index contributed by atoms with van der Waals surface area (Å²) in [6, 6.07) is 11.8. The Morgan fingerprint density at radius 3 is 2.37 bits per heavy atom. The van der Waals surface area contributed by atoms with Crippen LogP contribution in [0.2, 0.25) is 0 Å². The second-order valence-electron chi connectivity index (χ2n) is 9.07. The van der Waals surface area contributed by atoms with E-state index in [0.29, 0.717) is 42.0 Å². The molecule has 1 aliphatic carbocycles. The fourth-order valence-corrected chi connectivity index (χ4v) is 5.94. The topological polar surface area (TPSA) is 57.7 Å². The Kier molecular flexibility index (Phi) is 4.84. The van der Waals surface area contributed by atoms with Gasteiger partial charge in [-0.05, 0) is 56.0 Å². The number of likely N-dealkylation sites (tertiary alicyclic amines) is 1. The normalized spacial score (nSPS) is 25.7. The van der Waals surface area contributed by atoms with E-state index in [1.807, 2.05) is 24.3 Å². The number of carbonyl (C=O) groups is 3. The fraction of sp³-hybridized carbons (Fsp3) is 0.480. The summed E-state index contributed by atoms with van der Waals surface area (Å²) in [6.45, 7) is 2.44. The summed E-state index contributed by atoms with van der Waals surface area (Å²) in [5, 5.41) is 1.66. The van der Waals surface area contributed by atoms with Gasteiger partial charge in [0.15, 0.2) is 0 Å². The minimum Gasteiger partial charge on any atom is -0.337 e. The summed E-state index contributed by atoms with van der Waals surface area (Å²) < 4.78 is 0. The van der Waals surface area contributed by atoms with Crippen molar-refractivity contribution in [2.45, 2.75) is 64.0 Å². The highest BCUT2D eigenvalue weighted by atomic mass is 16.2. The van der Waals surface area contributed by atoms with Crippen LogP contribution in [0, 0.1) is 5.92 Å². The minimum absolute atomic E-state index is 0.177. The molecule has 2 aliphatic heterocycles. The van der Waals surface area contributed by atoms with E-state index < -0.39 is 0 Å². The molecule has 2 aromatic rings. The molecule has 0 aromatic heterocycles. The smallest absolute Gasteiger partial charge is 0.261 e. The van der Waals surface area contributed by atoms with Crippen LogP contribution in [0.3, 0.4) is 0 Å². The molecule has 5 rings (SSSR count). The van der Waals surface area contributed by atoms with Gasteiger partial charge in [-0.2, -0.15) is 0 Å². The van der Waals surface area contributed by atoms with Crippen molar-refractivity contribution in [2.75, 3.05) is 6.54 Å². The molecule has 156 valence electrons. The summed E-state index contributed by atoms with van der Waals surface area (Å²) >= 11 is 0. The van der Waals surface area contributed by atoms with E-state index in [-0.39, 0.29) is 24.3 Å². The number of rotatable bonds is 4. The van der Waals surface area contributed by atoms with Crippen LogP contribution in [0.15, 0.2) is 36.4 Å². The number of hydrogen-bond acceptors (Lipinski definition) is 3. The largest absolute Gasteiger partial charge is 0.337 e. The molecule has 0 N–H and O–H groups in total. The third kappa shape index (κ3) is 3.03. The predicted octanol–water partition coefficient (Wildman–Crippen LogP) is 4.40. The minimum atomic E-state index is -0.251. The molecule has 2 aromatic carbocycles. The van der Waals surface area contributed by atoms with E-state index in [2.05, 4.69) is 11.8 Å². The van der Waals surface area contributed by atoms with Crippen molar-refractivity contribution in [1.82, 2.24) is 9.80 Å². The first-order valence-electron chi connectivity index (χ1n) is 11.3. The third-order valence-electron chi connectivity index (χ3n) is 7.26. The van der Waals surface area contributed by atoms with Crippen molar-refractivity contribution >= 4 is 28.5 Å². The molecular formula is C25H28N2O3. The zero-order valence-electron chi connectivity index (χ0n) is 17.5. The summed E-state index contributed by atoms with van der Waals surface area (Å²) in [6.07, 6.45) is 6.85. The lowest BCUT2D eigenvalue weighted by molar-refractivity contribution is -0.134. The predicted molar refractivity (Wildman–Crippen MR) is 115 cm³/mol. The van der Waals surface area contributed by atoms with Crippen LogP contribution in [0.25, 0.3) is 10.8 Å². The molecule has 3 amide bonds. The van der Waals surface area contributed by atoms with Crippen LogP contribution >= 0.6 is 0 Å². The highest BCUT2D eigenvalue weighted by Gasteiger charge is 2.42. The van der Waals surface area contributed by atoms with Gasteiger partial charge in [-0.25, -0.2) is 0 Å².